The molecule has 140 valence electrons. The first-order valence-corrected chi connectivity index (χ1v) is 9.75. The van der Waals surface area contributed by atoms with Gasteiger partial charge in [0, 0.05) is 11.1 Å². The van der Waals surface area contributed by atoms with Crippen molar-refractivity contribution in [2.45, 2.75) is 19.9 Å². The van der Waals surface area contributed by atoms with Crippen LogP contribution in [0.3, 0.4) is 0 Å². The maximum absolute atomic E-state index is 13.7. The van der Waals surface area contributed by atoms with Crippen LogP contribution in [-0.2, 0) is 14.8 Å². The lowest BCUT2D eigenvalue weighted by atomic mass is 10.2. The highest BCUT2D eigenvalue weighted by molar-refractivity contribution is 7.92. The topological polar surface area (TPSA) is 66.5 Å². The van der Waals surface area contributed by atoms with E-state index in [-0.39, 0.29) is 11.4 Å². The first kappa shape index (κ1) is 20.1. The SMILES string of the molecule is Cc1ccc(N(C(C)C(=O)Nc2ccc(F)cc2F)S(C)(=O)=O)cc1Cl. The van der Waals surface area contributed by atoms with Crippen molar-refractivity contribution in [2.24, 2.45) is 0 Å². The largest absolute Gasteiger partial charge is 0.322 e. The lowest BCUT2D eigenvalue weighted by Crippen LogP contribution is -2.45. The molecular formula is C17H17ClF2N2O3S. The Labute approximate surface area is 155 Å². The van der Waals surface area contributed by atoms with Gasteiger partial charge in [-0.3, -0.25) is 9.10 Å². The second-order valence-corrected chi connectivity index (χ2v) is 8.05. The van der Waals surface area contributed by atoms with Crippen molar-refractivity contribution >= 4 is 38.9 Å². The first-order chi connectivity index (χ1) is 12.0. The second kappa shape index (κ2) is 7.59. The molecule has 0 saturated heterocycles. The number of sulfonamides is 1. The van der Waals surface area contributed by atoms with Gasteiger partial charge in [0.25, 0.3) is 0 Å². The number of hydrogen-bond acceptors (Lipinski definition) is 3. The third-order valence-electron chi connectivity index (χ3n) is 3.69. The molecule has 2 aromatic carbocycles. The molecule has 0 fully saturated rings. The molecule has 1 unspecified atom stereocenters. The normalized spacial score (nSPS) is 12.5. The lowest BCUT2D eigenvalue weighted by Gasteiger charge is -2.28. The second-order valence-electron chi connectivity index (χ2n) is 5.78. The minimum absolute atomic E-state index is 0.199. The molecule has 0 aliphatic carbocycles. The molecule has 0 bridgehead atoms. The van der Waals surface area contributed by atoms with Gasteiger partial charge in [-0.2, -0.15) is 0 Å². The summed E-state index contributed by atoms with van der Waals surface area (Å²) in [7, 11) is -3.84. The van der Waals surface area contributed by atoms with Crippen LogP contribution in [-0.4, -0.2) is 26.6 Å². The quantitative estimate of drug-likeness (QED) is 0.828. The summed E-state index contributed by atoms with van der Waals surface area (Å²) in [6.07, 6.45) is 0.947. The monoisotopic (exact) mass is 402 g/mol. The number of benzene rings is 2. The van der Waals surface area contributed by atoms with E-state index in [1.807, 2.05) is 0 Å². The number of amides is 1. The summed E-state index contributed by atoms with van der Waals surface area (Å²) < 4.78 is 52.0. The maximum Gasteiger partial charge on any atom is 0.248 e. The number of anilines is 2. The standard InChI is InChI=1S/C17H17ClF2N2O3S/c1-10-4-6-13(9-14(10)18)22(26(3,24)25)11(2)17(23)21-16-7-5-12(19)8-15(16)20/h4-9,11H,1-3H3,(H,21,23). The van der Waals surface area contributed by atoms with Crippen LogP contribution in [0, 0.1) is 18.6 Å². The van der Waals surface area contributed by atoms with Gasteiger partial charge in [0.15, 0.2) is 0 Å². The number of nitrogens with zero attached hydrogens (tertiary/aromatic N) is 1. The average Bonchev–Trinajstić information content (AvgIpc) is 2.52. The Morgan fingerprint density at radius 3 is 2.38 bits per heavy atom. The Balaban J connectivity index is 2.35. The average molecular weight is 403 g/mol. The number of nitrogens with one attached hydrogen (secondary N) is 1. The van der Waals surface area contributed by atoms with Gasteiger partial charge < -0.3 is 5.32 Å². The number of carbonyl (C=O) groups is 1. The highest BCUT2D eigenvalue weighted by Gasteiger charge is 2.30. The number of aryl methyl sites for hydroxylation is 1. The fourth-order valence-electron chi connectivity index (χ4n) is 2.36. The number of hydrogen-bond donors (Lipinski definition) is 1. The van der Waals surface area contributed by atoms with Crippen LogP contribution >= 0.6 is 11.6 Å². The van der Waals surface area contributed by atoms with Gasteiger partial charge in [-0.25, -0.2) is 17.2 Å². The highest BCUT2D eigenvalue weighted by Crippen LogP contribution is 2.27. The molecule has 1 N–H and O–H groups in total. The molecular weight excluding hydrogens is 386 g/mol. The Bertz CT molecular complexity index is 951. The van der Waals surface area contributed by atoms with Crippen molar-refractivity contribution in [1.82, 2.24) is 0 Å². The van der Waals surface area contributed by atoms with E-state index in [1.165, 1.54) is 19.1 Å². The van der Waals surface area contributed by atoms with Crippen LogP contribution in [0.25, 0.3) is 0 Å². The van der Waals surface area contributed by atoms with Crippen molar-refractivity contribution in [2.75, 3.05) is 15.9 Å². The minimum Gasteiger partial charge on any atom is -0.322 e. The number of rotatable bonds is 5. The van der Waals surface area contributed by atoms with Crippen LogP contribution in [0.4, 0.5) is 20.2 Å². The van der Waals surface area contributed by atoms with E-state index in [0.717, 1.165) is 28.3 Å². The first-order valence-electron chi connectivity index (χ1n) is 7.52. The zero-order chi connectivity index (χ0) is 19.6. The molecule has 0 aliphatic rings. The van der Waals surface area contributed by atoms with Crippen LogP contribution in [0.15, 0.2) is 36.4 Å². The summed E-state index contributed by atoms with van der Waals surface area (Å²) in [5.74, 6) is -2.53. The van der Waals surface area contributed by atoms with Gasteiger partial charge in [0.05, 0.1) is 17.6 Å². The molecule has 0 aromatic heterocycles. The number of halogens is 3. The van der Waals surface area contributed by atoms with Crippen molar-refractivity contribution < 1.29 is 22.0 Å². The van der Waals surface area contributed by atoms with Crippen LogP contribution < -0.4 is 9.62 Å². The molecule has 5 nitrogen and oxygen atoms in total. The fourth-order valence-corrected chi connectivity index (χ4v) is 3.70. The third kappa shape index (κ3) is 4.50. The Morgan fingerprint density at radius 1 is 1.19 bits per heavy atom. The smallest absolute Gasteiger partial charge is 0.248 e. The van der Waals surface area contributed by atoms with E-state index in [0.29, 0.717) is 11.1 Å². The zero-order valence-electron chi connectivity index (χ0n) is 14.3. The summed E-state index contributed by atoms with van der Waals surface area (Å²) in [4.78, 5) is 12.5. The van der Waals surface area contributed by atoms with E-state index in [9.17, 15) is 22.0 Å². The summed E-state index contributed by atoms with van der Waals surface area (Å²) >= 11 is 6.05. The van der Waals surface area contributed by atoms with Crippen molar-refractivity contribution in [3.8, 4) is 0 Å². The molecule has 1 atom stereocenters. The Kier molecular flexibility index (Phi) is 5.87. The summed E-state index contributed by atoms with van der Waals surface area (Å²) in [6, 6.07) is 6.03. The third-order valence-corrected chi connectivity index (χ3v) is 5.34. The Hall–Kier alpha value is -2.19. The predicted octanol–water partition coefficient (Wildman–Crippen LogP) is 3.72. The van der Waals surface area contributed by atoms with Crippen LogP contribution in [0.5, 0.6) is 0 Å². The molecule has 1 amide bonds. The van der Waals surface area contributed by atoms with Crippen LogP contribution in [0.2, 0.25) is 5.02 Å². The maximum atomic E-state index is 13.7. The van der Waals surface area contributed by atoms with Crippen molar-refractivity contribution in [1.29, 1.82) is 0 Å². The summed E-state index contributed by atoms with van der Waals surface area (Å²) in [5.41, 5.74) is 0.693. The molecule has 2 rings (SSSR count). The van der Waals surface area contributed by atoms with E-state index in [4.69, 9.17) is 11.6 Å². The fraction of sp³-hybridized carbons (Fsp3) is 0.235. The van der Waals surface area contributed by atoms with Crippen molar-refractivity contribution in [3.05, 3.63) is 58.6 Å². The summed E-state index contributed by atoms with van der Waals surface area (Å²) in [5, 5.41) is 2.61. The van der Waals surface area contributed by atoms with Gasteiger partial charge in [-0.15, -0.1) is 0 Å². The van der Waals surface area contributed by atoms with Gasteiger partial charge in [-0.1, -0.05) is 17.7 Å². The molecule has 0 spiro atoms. The number of carbonyl (C=O) groups excluding carboxylic acids is 1. The van der Waals surface area contributed by atoms with E-state index < -0.39 is 33.6 Å². The molecule has 9 heteroatoms. The lowest BCUT2D eigenvalue weighted by molar-refractivity contribution is -0.116. The van der Waals surface area contributed by atoms with Gasteiger partial charge in [0.2, 0.25) is 15.9 Å². The van der Waals surface area contributed by atoms with E-state index >= 15 is 0 Å². The van der Waals surface area contributed by atoms with Gasteiger partial charge in [0.1, 0.15) is 17.7 Å². The minimum atomic E-state index is -3.84. The molecule has 2 aromatic rings. The molecule has 0 heterocycles. The zero-order valence-corrected chi connectivity index (χ0v) is 15.8. The van der Waals surface area contributed by atoms with Gasteiger partial charge in [-0.05, 0) is 43.7 Å². The molecule has 0 radical (unpaired) electrons. The van der Waals surface area contributed by atoms with E-state index in [1.54, 1.807) is 13.0 Å². The Morgan fingerprint density at radius 2 is 1.85 bits per heavy atom. The molecule has 0 saturated carbocycles. The van der Waals surface area contributed by atoms with Crippen molar-refractivity contribution in [3.63, 3.8) is 0 Å². The van der Waals surface area contributed by atoms with Gasteiger partial charge >= 0.3 is 0 Å². The molecule has 0 aliphatic heterocycles. The van der Waals surface area contributed by atoms with Crippen LogP contribution in [0.1, 0.15) is 12.5 Å². The molecule has 26 heavy (non-hydrogen) atoms. The summed E-state index contributed by atoms with van der Waals surface area (Å²) in [6.45, 7) is 3.11. The highest BCUT2D eigenvalue weighted by atomic mass is 35.5. The van der Waals surface area contributed by atoms with E-state index in [2.05, 4.69) is 5.32 Å². The predicted molar refractivity (Wildman–Crippen MR) is 98.0 cm³/mol.